The summed E-state index contributed by atoms with van der Waals surface area (Å²) in [6.07, 6.45) is 3.82. The second-order valence-corrected chi connectivity index (χ2v) is 14.6. The minimum atomic E-state index is -4.95. The Balaban J connectivity index is 1.28. The monoisotopic (exact) mass is 803 g/mol. The van der Waals surface area contributed by atoms with Crippen LogP contribution < -0.4 is 26.6 Å². The number of hydrogen-bond donors (Lipinski definition) is 6. The second-order valence-electron chi connectivity index (χ2n) is 14.2. The van der Waals surface area contributed by atoms with Crippen LogP contribution in [-0.2, 0) is 14.3 Å². The molecule has 0 aromatic carbocycles. The molecule has 56 heavy (non-hydrogen) atoms. The second kappa shape index (κ2) is 19.0. The number of urea groups is 1. The molecule has 0 radical (unpaired) electrons. The highest BCUT2D eigenvalue weighted by molar-refractivity contribution is 6.32. The first-order chi connectivity index (χ1) is 26.7. The van der Waals surface area contributed by atoms with Gasteiger partial charge in [0.2, 0.25) is 5.91 Å². The number of pyridine rings is 1. The number of amides is 4. The van der Waals surface area contributed by atoms with Crippen molar-refractivity contribution in [2.45, 2.75) is 83.5 Å². The Kier molecular flexibility index (Phi) is 14.4. The number of nitrogens with one attached hydrogen (secondary N) is 6. The molecule has 1 aliphatic heterocycles. The van der Waals surface area contributed by atoms with Crippen molar-refractivity contribution in [3.8, 4) is 0 Å². The SMILES string of the molecule is CNC(=O)NC(C)CNc1ccc(C(=O)NC2=C(Cl)C=C(C3=CC=C(c4cnc(C5CCCN5C(=O)C(NCOC)C(C)C)[nH]4)CC3)C(OC(F)(F)F)C2)cn1. The van der Waals surface area contributed by atoms with E-state index in [4.69, 9.17) is 16.3 Å². The van der Waals surface area contributed by atoms with Crippen LogP contribution in [0.2, 0.25) is 0 Å². The van der Waals surface area contributed by atoms with E-state index in [1.165, 1.54) is 25.4 Å². The van der Waals surface area contributed by atoms with Crippen molar-refractivity contribution < 1.29 is 37.0 Å². The lowest BCUT2D eigenvalue weighted by molar-refractivity contribution is -0.337. The molecular formula is C38H49ClF3N9O5. The highest BCUT2D eigenvalue weighted by Gasteiger charge is 2.39. The van der Waals surface area contributed by atoms with Crippen LogP contribution in [0.3, 0.4) is 0 Å². The summed E-state index contributed by atoms with van der Waals surface area (Å²) in [6, 6.07) is 1.94. The fourth-order valence-corrected chi connectivity index (χ4v) is 7.12. The predicted octanol–water partition coefficient (Wildman–Crippen LogP) is 5.63. The van der Waals surface area contributed by atoms with Gasteiger partial charge in [0, 0.05) is 51.6 Å². The van der Waals surface area contributed by atoms with Crippen LogP contribution >= 0.6 is 11.6 Å². The summed E-state index contributed by atoms with van der Waals surface area (Å²) in [5, 5.41) is 14.1. The van der Waals surface area contributed by atoms with E-state index in [0.717, 1.165) is 24.1 Å². The molecule has 14 nitrogen and oxygen atoms in total. The molecule has 3 aliphatic rings. The van der Waals surface area contributed by atoms with E-state index in [1.54, 1.807) is 32.4 Å². The molecule has 2 aromatic rings. The van der Waals surface area contributed by atoms with Crippen LogP contribution in [0.1, 0.15) is 80.8 Å². The van der Waals surface area contributed by atoms with Crippen molar-refractivity contribution in [1.29, 1.82) is 0 Å². The summed E-state index contributed by atoms with van der Waals surface area (Å²) in [7, 11) is 3.08. The molecule has 304 valence electrons. The molecule has 0 saturated carbocycles. The Morgan fingerprint density at radius 3 is 2.48 bits per heavy atom. The smallest absolute Gasteiger partial charge is 0.370 e. The zero-order valence-corrected chi connectivity index (χ0v) is 32.7. The first kappa shape index (κ1) is 42.4. The third kappa shape index (κ3) is 11.0. The van der Waals surface area contributed by atoms with Gasteiger partial charge in [-0.2, -0.15) is 0 Å². The number of methoxy groups -OCH3 is 1. The van der Waals surface area contributed by atoms with Gasteiger partial charge in [0.1, 0.15) is 11.6 Å². The van der Waals surface area contributed by atoms with E-state index in [2.05, 4.69) is 46.3 Å². The molecule has 4 amide bonds. The number of rotatable bonds is 15. The lowest BCUT2D eigenvalue weighted by atomic mass is 9.86. The first-order valence-electron chi connectivity index (χ1n) is 18.5. The third-order valence-electron chi connectivity index (χ3n) is 9.76. The molecule has 5 rings (SSSR count). The highest BCUT2D eigenvalue weighted by Crippen LogP contribution is 2.40. The molecule has 1 fully saturated rings. The van der Waals surface area contributed by atoms with Crippen molar-refractivity contribution in [2.75, 3.05) is 39.3 Å². The summed E-state index contributed by atoms with van der Waals surface area (Å²) in [5.41, 5.74) is 2.81. The number of carbonyl (C=O) groups is 3. The van der Waals surface area contributed by atoms with Crippen LogP contribution in [-0.4, -0.2) is 96.2 Å². The number of nitrogens with zero attached hydrogens (tertiary/aromatic N) is 3. The van der Waals surface area contributed by atoms with Gasteiger partial charge in [-0.3, -0.25) is 19.6 Å². The maximum Gasteiger partial charge on any atom is 0.523 e. The summed E-state index contributed by atoms with van der Waals surface area (Å²) in [6.45, 7) is 7.03. The number of carbonyl (C=O) groups excluding carboxylic acids is 3. The number of aromatic amines is 1. The lowest BCUT2D eigenvalue weighted by Crippen LogP contribution is -2.49. The van der Waals surface area contributed by atoms with Gasteiger partial charge in [0.15, 0.2) is 0 Å². The Labute approximate surface area is 328 Å². The zero-order chi connectivity index (χ0) is 40.6. The van der Waals surface area contributed by atoms with E-state index in [-0.39, 0.29) is 65.0 Å². The molecule has 3 heterocycles. The van der Waals surface area contributed by atoms with Crippen LogP contribution in [0.5, 0.6) is 0 Å². The van der Waals surface area contributed by atoms with Gasteiger partial charge in [-0.1, -0.05) is 37.6 Å². The third-order valence-corrected chi connectivity index (χ3v) is 10.1. The number of H-pyrrole nitrogens is 1. The maximum absolute atomic E-state index is 13.7. The number of alkyl halides is 3. The average Bonchev–Trinajstić information content (AvgIpc) is 3.86. The van der Waals surface area contributed by atoms with E-state index in [1.807, 2.05) is 24.8 Å². The van der Waals surface area contributed by atoms with Gasteiger partial charge in [0.25, 0.3) is 5.91 Å². The molecule has 4 unspecified atom stereocenters. The first-order valence-corrected chi connectivity index (χ1v) is 18.9. The standard InChI is InChI=1S/C38H49ClF3N9O5/c1-21(2)33(47-20-55-5)36(53)51-14-6-7-30(51)34-46-19-29(49-34)24-10-8-23(9-11-24)26-15-27(39)28(16-31(26)56-38(40,41)42)50-35(52)25-12-13-32(45-18-25)44-17-22(3)48-37(54)43-4/h8,10,12-13,15,18-19,21-22,30-31,33,47H,6-7,9,11,14,16-17,20H2,1-5H3,(H,44,45)(H,46,49)(H,50,52)(H2,43,48,54). The quantitative estimate of drug-likeness (QED) is 0.125. The maximum atomic E-state index is 13.7. The number of anilines is 1. The van der Waals surface area contributed by atoms with E-state index in [0.29, 0.717) is 43.1 Å². The lowest BCUT2D eigenvalue weighted by Gasteiger charge is -2.30. The molecule has 18 heteroatoms. The molecule has 6 N–H and O–H groups in total. The van der Waals surface area contributed by atoms with E-state index >= 15 is 0 Å². The van der Waals surface area contributed by atoms with Crippen LogP contribution in [0.4, 0.5) is 23.8 Å². The summed E-state index contributed by atoms with van der Waals surface area (Å²) in [5.74, 6) is 0.583. The number of allylic oxidation sites excluding steroid dienone is 5. The van der Waals surface area contributed by atoms with Crippen LogP contribution in [0, 0.1) is 5.92 Å². The molecular weight excluding hydrogens is 755 g/mol. The Hall–Kier alpha value is -4.71. The topological polar surface area (TPSA) is 175 Å². The van der Waals surface area contributed by atoms with E-state index < -0.39 is 24.4 Å². The number of imidazole rings is 1. The minimum absolute atomic E-state index is 0.00627. The van der Waals surface area contributed by atoms with Crippen molar-refractivity contribution in [3.05, 3.63) is 81.7 Å². The molecule has 2 aromatic heterocycles. The van der Waals surface area contributed by atoms with Crippen LogP contribution in [0.15, 0.2) is 64.6 Å². The van der Waals surface area contributed by atoms with Crippen molar-refractivity contribution in [2.24, 2.45) is 5.92 Å². The van der Waals surface area contributed by atoms with Crippen molar-refractivity contribution in [3.63, 3.8) is 0 Å². The number of aromatic nitrogens is 3. The highest BCUT2D eigenvalue weighted by atomic mass is 35.5. The van der Waals surface area contributed by atoms with Gasteiger partial charge < -0.3 is 35.9 Å². The van der Waals surface area contributed by atoms with Crippen molar-refractivity contribution in [1.82, 2.24) is 41.1 Å². The van der Waals surface area contributed by atoms with Gasteiger partial charge >= 0.3 is 12.4 Å². The number of likely N-dealkylation sites (tertiary alicyclic amines) is 1. The molecule has 2 aliphatic carbocycles. The Morgan fingerprint density at radius 1 is 1.09 bits per heavy atom. The van der Waals surface area contributed by atoms with Gasteiger partial charge in [-0.15, -0.1) is 13.2 Å². The fourth-order valence-electron chi connectivity index (χ4n) is 6.88. The molecule has 0 bridgehead atoms. The fraction of sp³-hybridized carbons (Fsp3) is 0.500. The summed E-state index contributed by atoms with van der Waals surface area (Å²) >= 11 is 6.59. The van der Waals surface area contributed by atoms with Crippen molar-refractivity contribution >= 4 is 40.8 Å². The molecule has 4 atom stereocenters. The predicted molar refractivity (Wildman–Crippen MR) is 205 cm³/mol. The molecule has 1 saturated heterocycles. The van der Waals surface area contributed by atoms with Gasteiger partial charge in [-0.05, 0) is 73.5 Å². The number of halogens is 4. The minimum Gasteiger partial charge on any atom is -0.370 e. The largest absolute Gasteiger partial charge is 0.523 e. The zero-order valence-electron chi connectivity index (χ0n) is 32.0. The number of ether oxygens (including phenoxy) is 2. The average molecular weight is 804 g/mol. The van der Waals surface area contributed by atoms with Crippen LogP contribution in [0.25, 0.3) is 5.57 Å². The van der Waals surface area contributed by atoms with E-state index in [9.17, 15) is 27.6 Å². The summed E-state index contributed by atoms with van der Waals surface area (Å²) in [4.78, 5) is 52.2. The normalized spacial score (nSPS) is 19.9. The van der Waals surface area contributed by atoms with Gasteiger partial charge in [0.05, 0.1) is 47.4 Å². The summed E-state index contributed by atoms with van der Waals surface area (Å²) < 4.78 is 50.8. The Morgan fingerprint density at radius 2 is 1.84 bits per heavy atom. The van der Waals surface area contributed by atoms with Gasteiger partial charge in [-0.25, -0.2) is 14.8 Å². The number of hydrogen-bond acceptors (Lipinski definition) is 9. The Bertz CT molecular complexity index is 1860. The molecule has 0 spiro atoms.